The number of rotatable bonds is 1. The lowest BCUT2D eigenvalue weighted by molar-refractivity contribution is 0.225. The molecule has 0 aliphatic heterocycles. The lowest BCUT2D eigenvalue weighted by Gasteiger charge is -1.88. The van der Waals surface area contributed by atoms with Gasteiger partial charge in [0, 0.05) is 17.7 Å². The van der Waals surface area contributed by atoms with Gasteiger partial charge in [0.25, 0.3) is 0 Å². The Bertz CT molecular complexity index is 192. The maximum atomic E-state index is 10.0. The van der Waals surface area contributed by atoms with Crippen molar-refractivity contribution in [1.29, 1.82) is 0 Å². The Kier molecular flexibility index (Phi) is 1.75. The molecule has 0 atom stereocenters. The summed E-state index contributed by atoms with van der Waals surface area (Å²) in [5, 5.41) is 0. The monoisotopic (exact) mass is 146 g/mol. The van der Waals surface area contributed by atoms with Crippen LogP contribution in [-0.4, -0.2) is 5.43 Å². The standard InChI is InChI=1S/C5H3ClO3/c6-5(7)9-4-1-2-8-3-4/h1-3H. The number of furan rings is 1. The summed E-state index contributed by atoms with van der Waals surface area (Å²) >= 11 is 4.87. The molecule has 0 saturated heterocycles. The third-order valence-electron chi connectivity index (χ3n) is 0.693. The van der Waals surface area contributed by atoms with Crippen molar-refractivity contribution in [3.8, 4) is 5.75 Å². The average Bonchev–Trinajstić information content (AvgIpc) is 2.15. The first kappa shape index (κ1) is 6.16. The number of carbonyl (C=O) groups excluding carboxylic acids is 1. The Balaban J connectivity index is 2.58. The van der Waals surface area contributed by atoms with E-state index in [1.54, 1.807) is 0 Å². The van der Waals surface area contributed by atoms with E-state index in [1.807, 2.05) is 0 Å². The second-order valence-electron chi connectivity index (χ2n) is 1.30. The van der Waals surface area contributed by atoms with Crippen molar-refractivity contribution in [3.63, 3.8) is 0 Å². The third-order valence-corrected chi connectivity index (χ3v) is 0.770. The molecule has 0 radical (unpaired) electrons. The first-order valence-electron chi connectivity index (χ1n) is 2.18. The summed E-state index contributed by atoms with van der Waals surface area (Å²) in [5.74, 6) is 0.315. The third kappa shape index (κ3) is 1.77. The van der Waals surface area contributed by atoms with Crippen molar-refractivity contribution in [1.82, 2.24) is 0 Å². The van der Waals surface area contributed by atoms with Gasteiger partial charge in [-0.2, -0.15) is 0 Å². The first-order chi connectivity index (χ1) is 4.29. The number of ether oxygens (including phenoxy) is 1. The summed E-state index contributed by atoms with van der Waals surface area (Å²) in [6.45, 7) is 0. The van der Waals surface area contributed by atoms with Crippen LogP contribution in [0.4, 0.5) is 4.79 Å². The second kappa shape index (κ2) is 2.55. The maximum absolute atomic E-state index is 10.0. The topological polar surface area (TPSA) is 39.4 Å². The average molecular weight is 147 g/mol. The largest absolute Gasteiger partial charge is 0.469 e. The Labute approximate surface area is 56.2 Å². The zero-order valence-electron chi connectivity index (χ0n) is 4.33. The molecular formula is C5H3ClO3. The van der Waals surface area contributed by atoms with Crippen LogP contribution in [0.25, 0.3) is 0 Å². The molecule has 0 aromatic carbocycles. The minimum atomic E-state index is -0.864. The van der Waals surface area contributed by atoms with E-state index in [9.17, 15) is 4.79 Å². The molecule has 9 heavy (non-hydrogen) atoms. The molecule has 0 fully saturated rings. The summed E-state index contributed by atoms with van der Waals surface area (Å²) in [6, 6.07) is 1.49. The van der Waals surface area contributed by atoms with Crippen LogP contribution in [0.3, 0.4) is 0 Å². The van der Waals surface area contributed by atoms with E-state index in [1.165, 1.54) is 18.6 Å². The highest BCUT2D eigenvalue weighted by Crippen LogP contribution is 2.10. The van der Waals surface area contributed by atoms with E-state index in [2.05, 4.69) is 9.15 Å². The number of hydrogen-bond donors (Lipinski definition) is 0. The van der Waals surface area contributed by atoms with Crippen LogP contribution >= 0.6 is 11.6 Å². The van der Waals surface area contributed by atoms with E-state index in [-0.39, 0.29) is 0 Å². The highest BCUT2D eigenvalue weighted by Gasteiger charge is 1.98. The van der Waals surface area contributed by atoms with Gasteiger partial charge in [-0.15, -0.1) is 0 Å². The Morgan fingerprint density at radius 1 is 1.78 bits per heavy atom. The fourth-order valence-electron chi connectivity index (χ4n) is 0.403. The van der Waals surface area contributed by atoms with Gasteiger partial charge >= 0.3 is 5.43 Å². The predicted molar refractivity (Wildman–Crippen MR) is 30.6 cm³/mol. The molecule has 3 nitrogen and oxygen atoms in total. The normalized spacial score (nSPS) is 9.00. The van der Waals surface area contributed by atoms with Crippen LogP contribution in [0.1, 0.15) is 0 Å². The predicted octanol–water partition coefficient (Wildman–Crippen LogP) is 2.02. The molecule has 0 aliphatic rings. The molecule has 1 aromatic heterocycles. The molecule has 0 saturated carbocycles. The molecule has 48 valence electrons. The summed E-state index contributed by atoms with van der Waals surface area (Å²) in [4.78, 5) is 10.0. The van der Waals surface area contributed by atoms with E-state index >= 15 is 0 Å². The molecule has 1 aromatic rings. The van der Waals surface area contributed by atoms with E-state index in [0.717, 1.165) is 0 Å². The highest BCUT2D eigenvalue weighted by molar-refractivity contribution is 6.61. The van der Waals surface area contributed by atoms with E-state index < -0.39 is 5.43 Å². The smallest absolute Gasteiger partial charge is 0.409 e. The van der Waals surface area contributed by atoms with Gasteiger partial charge in [0.05, 0.1) is 6.26 Å². The van der Waals surface area contributed by atoms with Gasteiger partial charge in [-0.25, -0.2) is 4.79 Å². The van der Waals surface area contributed by atoms with Crippen molar-refractivity contribution in [2.45, 2.75) is 0 Å². The zero-order chi connectivity index (χ0) is 6.69. The summed E-state index contributed by atoms with van der Waals surface area (Å²) in [6.07, 6.45) is 2.66. The van der Waals surface area contributed by atoms with Gasteiger partial charge in [-0.1, -0.05) is 0 Å². The van der Waals surface area contributed by atoms with Crippen molar-refractivity contribution in [2.75, 3.05) is 0 Å². The van der Waals surface area contributed by atoms with Gasteiger partial charge < -0.3 is 9.15 Å². The first-order valence-corrected chi connectivity index (χ1v) is 2.56. The molecule has 0 amide bonds. The van der Waals surface area contributed by atoms with Crippen LogP contribution < -0.4 is 4.74 Å². The van der Waals surface area contributed by atoms with Crippen molar-refractivity contribution in [2.24, 2.45) is 0 Å². The Hall–Kier alpha value is -0.960. The van der Waals surface area contributed by atoms with Crippen LogP contribution in [-0.2, 0) is 0 Å². The van der Waals surface area contributed by atoms with Crippen LogP contribution in [0.2, 0.25) is 0 Å². The minimum Gasteiger partial charge on any atom is -0.469 e. The molecular weight excluding hydrogens is 144 g/mol. The van der Waals surface area contributed by atoms with Crippen LogP contribution in [0.5, 0.6) is 5.75 Å². The van der Waals surface area contributed by atoms with Crippen LogP contribution in [0.15, 0.2) is 23.0 Å². The van der Waals surface area contributed by atoms with Gasteiger partial charge in [-0.05, 0) is 0 Å². The molecule has 4 heteroatoms. The molecule has 1 rings (SSSR count). The highest BCUT2D eigenvalue weighted by atomic mass is 35.5. The Morgan fingerprint density at radius 3 is 3.00 bits per heavy atom. The van der Waals surface area contributed by atoms with Crippen molar-refractivity contribution in [3.05, 3.63) is 18.6 Å². The summed E-state index contributed by atoms with van der Waals surface area (Å²) < 4.78 is 8.97. The van der Waals surface area contributed by atoms with E-state index in [4.69, 9.17) is 11.6 Å². The van der Waals surface area contributed by atoms with Gasteiger partial charge in [0.1, 0.15) is 6.26 Å². The number of carbonyl (C=O) groups is 1. The SMILES string of the molecule is O=C(Cl)Oc1ccoc1. The molecule has 1 heterocycles. The van der Waals surface area contributed by atoms with Crippen molar-refractivity contribution >= 4 is 17.0 Å². The van der Waals surface area contributed by atoms with Crippen molar-refractivity contribution < 1.29 is 13.9 Å². The molecule has 0 spiro atoms. The fraction of sp³-hybridized carbons (Fsp3) is 0. The molecule has 0 aliphatic carbocycles. The second-order valence-corrected chi connectivity index (χ2v) is 1.61. The lowest BCUT2D eigenvalue weighted by Crippen LogP contribution is -1.93. The Morgan fingerprint density at radius 2 is 2.56 bits per heavy atom. The molecule has 0 N–H and O–H groups in total. The zero-order valence-corrected chi connectivity index (χ0v) is 5.09. The number of hydrogen-bond acceptors (Lipinski definition) is 3. The van der Waals surface area contributed by atoms with Crippen LogP contribution in [0, 0.1) is 0 Å². The van der Waals surface area contributed by atoms with Gasteiger partial charge in [-0.3, -0.25) is 0 Å². The fourth-order valence-corrected chi connectivity index (χ4v) is 0.492. The van der Waals surface area contributed by atoms with E-state index in [0.29, 0.717) is 5.75 Å². The summed E-state index contributed by atoms with van der Waals surface area (Å²) in [5.41, 5.74) is -0.864. The minimum absolute atomic E-state index is 0.315. The quantitative estimate of drug-likeness (QED) is 0.569. The molecule has 0 bridgehead atoms. The van der Waals surface area contributed by atoms with Gasteiger partial charge in [0.15, 0.2) is 5.75 Å². The van der Waals surface area contributed by atoms with Gasteiger partial charge in [0.2, 0.25) is 0 Å². The maximum Gasteiger partial charge on any atom is 0.409 e. The number of halogens is 1. The molecule has 0 unspecified atom stereocenters. The summed E-state index contributed by atoms with van der Waals surface area (Å²) in [7, 11) is 0. The lowest BCUT2D eigenvalue weighted by atomic mass is 10.6.